The zero-order chi connectivity index (χ0) is 11.5. The molecule has 0 spiro atoms. The van der Waals surface area contributed by atoms with Crippen LogP contribution in [0.1, 0.15) is 18.3 Å². The summed E-state index contributed by atoms with van der Waals surface area (Å²) in [5, 5.41) is 0. The summed E-state index contributed by atoms with van der Waals surface area (Å²) in [6.45, 7) is 2.64. The molecule has 1 aromatic carbocycles. The molecule has 4 heteroatoms. The summed E-state index contributed by atoms with van der Waals surface area (Å²) in [4.78, 5) is 4.31. The lowest BCUT2D eigenvalue weighted by atomic mass is 10.2. The van der Waals surface area contributed by atoms with Crippen LogP contribution in [-0.2, 0) is 13.0 Å². The van der Waals surface area contributed by atoms with Gasteiger partial charge >= 0.3 is 0 Å². The highest BCUT2D eigenvalue weighted by Crippen LogP contribution is 2.20. The van der Waals surface area contributed by atoms with Crippen LogP contribution in [0.4, 0.5) is 0 Å². The van der Waals surface area contributed by atoms with Crippen molar-refractivity contribution in [3.63, 3.8) is 0 Å². The Morgan fingerprint density at radius 2 is 2.19 bits per heavy atom. The highest BCUT2D eigenvalue weighted by Gasteiger charge is 2.04. The van der Waals surface area contributed by atoms with Crippen molar-refractivity contribution in [1.29, 1.82) is 0 Å². The van der Waals surface area contributed by atoms with Gasteiger partial charge in [0.1, 0.15) is 5.82 Å². The van der Waals surface area contributed by atoms with Gasteiger partial charge < -0.3 is 10.3 Å². The maximum Gasteiger partial charge on any atom is 0.112 e. The van der Waals surface area contributed by atoms with Crippen molar-refractivity contribution < 1.29 is 0 Å². The summed E-state index contributed by atoms with van der Waals surface area (Å²) in [6.07, 6.45) is 4.71. The van der Waals surface area contributed by atoms with Crippen molar-refractivity contribution in [3.8, 4) is 5.69 Å². The highest BCUT2D eigenvalue weighted by molar-refractivity contribution is 9.10. The zero-order valence-corrected chi connectivity index (χ0v) is 10.7. The number of aryl methyl sites for hydroxylation is 1. The Morgan fingerprint density at radius 3 is 2.88 bits per heavy atom. The lowest BCUT2D eigenvalue weighted by Gasteiger charge is -2.09. The first-order chi connectivity index (χ1) is 7.74. The van der Waals surface area contributed by atoms with Crippen molar-refractivity contribution in [2.75, 3.05) is 0 Å². The van der Waals surface area contributed by atoms with Crippen LogP contribution in [-0.4, -0.2) is 9.55 Å². The third-order valence-corrected chi connectivity index (χ3v) is 2.95. The molecule has 2 aromatic rings. The predicted molar refractivity (Wildman–Crippen MR) is 68.5 cm³/mol. The van der Waals surface area contributed by atoms with Crippen molar-refractivity contribution in [2.45, 2.75) is 19.9 Å². The van der Waals surface area contributed by atoms with Crippen molar-refractivity contribution >= 4 is 15.9 Å². The minimum Gasteiger partial charge on any atom is -0.326 e. The Kier molecular flexibility index (Phi) is 3.41. The van der Waals surface area contributed by atoms with Gasteiger partial charge in [0.05, 0.1) is 0 Å². The van der Waals surface area contributed by atoms with Gasteiger partial charge in [-0.05, 0) is 23.8 Å². The number of aromatic nitrogens is 2. The van der Waals surface area contributed by atoms with Crippen molar-refractivity contribution in [1.82, 2.24) is 9.55 Å². The molecule has 0 amide bonds. The first-order valence-electron chi connectivity index (χ1n) is 5.26. The molecule has 84 valence electrons. The third-order valence-electron chi connectivity index (χ3n) is 2.49. The number of hydrogen-bond donors (Lipinski definition) is 1. The Balaban J connectivity index is 2.51. The molecule has 1 aromatic heterocycles. The number of rotatable bonds is 3. The van der Waals surface area contributed by atoms with Gasteiger partial charge in [0.2, 0.25) is 0 Å². The minimum atomic E-state index is 0.544. The summed E-state index contributed by atoms with van der Waals surface area (Å²) < 4.78 is 3.13. The first-order valence-corrected chi connectivity index (χ1v) is 6.06. The van der Waals surface area contributed by atoms with Crippen LogP contribution in [0.3, 0.4) is 0 Å². The van der Waals surface area contributed by atoms with Gasteiger partial charge in [-0.1, -0.05) is 22.9 Å². The lowest BCUT2D eigenvalue weighted by molar-refractivity contribution is 0.887. The normalized spacial score (nSPS) is 10.7. The van der Waals surface area contributed by atoms with E-state index in [0.29, 0.717) is 6.54 Å². The van der Waals surface area contributed by atoms with E-state index < -0.39 is 0 Å². The topological polar surface area (TPSA) is 43.8 Å². The van der Waals surface area contributed by atoms with Gasteiger partial charge in [-0.15, -0.1) is 0 Å². The van der Waals surface area contributed by atoms with Gasteiger partial charge in [0.15, 0.2) is 0 Å². The number of imidazole rings is 1. The van der Waals surface area contributed by atoms with Gasteiger partial charge in [0, 0.05) is 35.5 Å². The summed E-state index contributed by atoms with van der Waals surface area (Å²) >= 11 is 3.50. The number of hydrogen-bond acceptors (Lipinski definition) is 2. The third kappa shape index (κ3) is 2.18. The molecule has 0 aliphatic heterocycles. The maximum atomic E-state index is 5.67. The summed E-state index contributed by atoms with van der Waals surface area (Å²) in [5.41, 5.74) is 7.88. The van der Waals surface area contributed by atoms with Crippen LogP contribution in [0.5, 0.6) is 0 Å². The molecule has 1 heterocycles. The molecule has 0 aliphatic rings. The number of benzene rings is 1. The largest absolute Gasteiger partial charge is 0.326 e. The SMILES string of the molecule is CCc1nccn1-c1cc(Br)cc(CN)c1. The van der Waals surface area contributed by atoms with Crippen LogP contribution in [0.25, 0.3) is 5.69 Å². The van der Waals surface area contributed by atoms with E-state index in [2.05, 4.69) is 44.5 Å². The average Bonchev–Trinajstić information content (AvgIpc) is 2.76. The Bertz CT molecular complexity index is 491. The molecular formula is C12H14BrN3. The lowest BCUT2D eigenvalue weighted by Crippen LogP contribution is -2.02. The second-order valence-corrected chi connectivity index (χ2v) is 4.50. The van der Waals surface area contributed by atoms with Gasteiger partial charge in [-0.3, -0.25) is 0 Å². The van der Waals surface area contributed by atoms with Gasteiger partial charge in [-0.25, -0.2) is 4.98 Å². The molecule has 3 nitrogen and oxygen atoms in total. The Morgan fingerprint density at radius 1 is 1.38 bits per heavy atom. The van der Waals surface area contributed by atoms with E-state index in [9.17, 15) is 0 Å². The minimum absolute atomic E-state index is 0.544. The Hall–Kier alpha value is -1.13. The van der Waals surface area contributed by atoms with Gasteiger partial charge in [0.25, 0.3) is 0 Å². The first kappa shape index (κ1) is 11.4. The number of halogens is 1. The van der Waals surface area contributed by atoms with Crippen molar-refractivity contribution in [3.05, 3.63) is 46.5 Å². The van der Waals surface area contributed by atoms with E-state index in [1.165, 1.54) is 0 Å². The fourth-order valence-electron chi connectivity index (χ4n) is 1.72. The van der Waals surface area contributed by atoms with E-state index in [4.69, 9.17) is 5.73 Å². The molecule has 0 aliphatic carbocycles. The quantitative estimate of drug-likeness (QED) is 0.939. The molecule has 2 N–H and O–H groups in total. The Labute approximate surface area is 103 Å². The number of nitrogens with zero attached hydrogens (tertiary/aromatic N) is 2. The molecular weight excluding hydrogens is 266 g/mol. The van der Waals surface area contributed by atoms with E-state index in [-0.39, 0.29) is 0 Å². The standard InChI is InChI=1S/C12H14BrN3/c1-2-12-15-3-4-16(12)11-6-9(8-14)5-10(13)7-11/h3-7H,2,8,14H2,1H3. The fraction of sp³-hybridized carbons (Fsp3) is 0.250. The fourth-order valence-corrected chi connectivity index (χ4v) is 2.25. The van der Waals surface area contributed by atoms with E-state index in [0.717, 1.165) is 28.0 Å². The summed E-state index contributed by atoms with van der Waals surface area (Å²) in [6, 6.07) is 6.19. The molecule has 0 saturated heterocycles. The summed E-state index contributed by atoms with van der Waals surface area (Å²) in [5.74, 6) is 1.06. The van der Waals surface area contributed by atoms with Gasteiger partial charge in [-0.2, -0.15) is 0 Å². The molecule has 16 heavy (non-hydrogen) atoms. The maximum absolute atomic E-state index is 5.67. The molecule has 2 rings (SSSR count). The molecule has 0 unspecified atom stereocenters. The highest BCUT2D eigenvalue weighted by atomic mass is 79.9. The van der Waals surface area contributed by atoms with E-state index >= 15 is 0 Å². The average molecular weight is 280 g/mol. The molecule has 0 atom stereocenters. The van der Waals surface area contributed by atoms with Crippen LogP contribution in [0, 0.1) is 0 Å². The van der Waals surface area contributed by atoms with Crippen molar-refractivity contribution in [2.24, 2.45) is 5.73 Å². The number of nitrogens with two attached hydrogens (primary N) is 1. The van der Waals surface area contributed by atoms with Crippen LogP contribution >= 0.6 is 15.9 Å². The summed E-state index contributed by atoms with van der Waals surface area (Å²) in [7, 11) is 0. The molecule has 0 bridgehead atoms. The monoisotopic (exact) mass is 279 g/mol. The van der Waals surface area contributed by atoms with Crippen LogP contribution < -0.4 is 5.73 Å². The van der Waals surface area contributed by atoms with E-state index in [1.54, 1.807) is 0 Å². The second kappa shape index (κ2) is 4.80. The molecule has 0 radical (unpaired) electrons. The second-order valence-electron chi connectivity index (χ2n) is 3.59. The van der Waals surface area contributed by atoms with Crippen LogP contribution in [0.2, 0.25) is 0 Å². The molecule has 0 saturated carbocycles. The predicted octanol–water partition coefficient (Wildman–Crippen LogP) is 2.66. The molecule has 0 fully saturated rings. The smallest absolute Gasteiger partial charge is 0.112 e. The van der Waals surface area contributed by atoms with E-state index in [1.807, 2.05) is 18.5 Å². The van der Waals surface area contributed by atoms with Crippen LogP contribution in [0.15, 0.2) is 35.1 Å². The zero-order valence-electron chi connectivity index (χ0n) is 9.15.